The van der Waals surface area contributed by atoms with Gasteiger partial charge in [-0.05, 0) is 36.8 Å². The fourth-order valence-electron chi connectivity index (χ4n) is 2.56. The van der Waals surface area contributed by atoms with Gasteiger partial charge in [0.1, 0.15) is 0 Å². The van der Waals surface area contributed by atoms with Crippen molar-refractivity contribution in [3.8, 4) is 0 Å². The van der Waals surface area contributed by atoms with Crippen molar-refractivity contribution in [3.63, 3.8) is 0 Å². The minimum absolute atomic E-state index is 0.0482. The van der Waals surface area contributed by atoms with Crippen LogP contribution in [0, 0.1) is 6.92 Å². The number of hydrogen-bond donors (Lipinski definition) is 2. The van der Waals surface area contributed by atoms with Gasteiger partial charge in [0.05, 0.1) is 6.54 Å². The largest absolute Gasteiger partial charge is 0.376 e. The van der Waals surface area contributed by atoms with Gasteiger partial charge in [0.25, 0.3) is 5.91 Å². The van der Waals surface area contributed by atoms with E-state index in [0.717, 1.165) is 11.3 Å². The molecule has 0 atom stereocenters. The first-order valence-corrected chi connectivity index (χ1v) is 8.75. The van der Waals surface area contributed by atoms with E-state index in [0.29, 0.717) is 24.3 Å². The third-order valence-corrected chi connectivity index (χ3v) is 4.01. The first-order chi connectivity index (χ1) is 13.0. The van der Waals surface area contributed by atoms with Crippen molar-refractivity contribution in [1.82, 2.24) is 4.90 Å². The Morgan fingerprint density at radius 3 is 2.33 bits per heavy atom. The minimum atomic E-state index is -0.176. The van der Waals surface area contributed by atoms with Gasteiger partial charge in [-0.2, -0.15) is 0 Å². The number of anilines is 2. The molecule has 0 saturated heterocycles. The molecule has 0 saturated carbocycles. The Hall–Kier alpha value is -3.34. The topological polar surface area (TPSA) is 61.4 Å². The third kappa shape index (κ3) is 5.85. The highest BCUT2D eigenvalue weighted by atomic mass is 16.2. The lowest BCUT2D eigenvalue weighted by molar-refractivity contribution is -0.128. The molecule has 0 aromatic heterocycles. The molecule has 5 heteroatoms. The van der Waals surface area contributed by atoms with Gasteiger partial charge in [-0.25, -0.2) is 0 Å². The monoisotopic (exact) mass is 363 g/mol. The summed E-state index contributed by atoms with van der Waals surface area (Å²) in [6.45, 7) is 10.4. The van der Waals surface area contributed by atoms with E-state index in [-0.39, 0.29) is 18.4 Å². The van der Waals surface area contributed by atoms with Crippen LogP contribution in [0.25, 0.3) is 0 Å². The van der Waals surface area contributed by atoms with E-state index in [4.69, 9.17) is 0 Å². The van der Waals surface area contributed by atoms with Gasteiger partial charge in [-0.3, -0.25) is 9.59 Å². The number of carbonyl (C=O) groups excluding carboxylic acids is 2. The lowest BCUT2D eigenvalue weighted by Crippen LogP contribution is -2.35. The summed E-state index contributed by atoms with van der Waals surface area (Å²) < 4.78 is 0. The highest BCUT2D eigenvalue weighted by Gasteiger charge is 2.12. The second kappa shape index (κ2) is 9.97. The summed E-state index contributed by atoms with van der Waals surface area (Å²) in [5, 5.41) is 6.03. The van der Waals surface area contributed by atoms with Crippen LogP contribution >= 0.6 is 0 Å². The van der Waals surface area contributed by atoms with Gasteiger partial charge < -0.3 is 15.5 Å². The SMILES string of the molecule is C=CCN(CC=C)C(=O)CNc1cc(NC(=O)c2ccccc2)ccc1C. The quantitative estimate of drug-likeness (QED) is 0.665. The Kier molecular flexibility index (Phi) is 7.37. The van der Waals surface area contributed by atoms with E-state index >= 15 is 0 Å². The zero-order chi connectivity index (χ0) is 19.6. The summed E-state index contributed by atoms with van der Waals surface area (Å²) >= 11 is 0. The lowest BCUT2D eigenvalue weighted by atomic mass is 10.1. The Morgan fingerprint density at radius 1 is 1.04 bits per heavy atom. The molecule has 2 aromatic rings. The maximum atomic E-state index is 12.4. The van der Waals surface area contributed by atoms with Crippen molar-refractivity contribution in [1.29, 1.82) is 0 Å². The van der Waals surface area contributed by atoms with Crippen molar-refractivity contribution in [2.24, 2.45) is 0 Å². The Balaban J connectivity index is 2.04. The molecule has 0 spiro atoms. The smallest absolute Gasteiger partial charge is 0.255 e. The Labute approximate surface area is 160 Å². The molecule has 0 aliphatic rings. The highest BCUT2D eigenvalue weighted by molar-refractivity contribution is 6.04. The van der Waals surface area contributed by atoms with Crippen molar-refractivity contribution in [3.05, 3.63) is 85.0 Å². The van der Waals surface area contributed by atoms with Crippen LogP contribution in [0.1, 0.15) is 15.9 Å². The number of nitrogens with zero attached hydrogens (tertiary/aromatic N) is 1. The van der Waals surface area contributed by atoms with E-state index < -0.39 is 0 Å². The second-order valence-electron chi connectivity index (χ2n) is 6.08. The molecule has 0 aliphatic carbocycles. The van der Waals surface area contributed by atoms with Crippen LogP contribution in [0.3, 0.4) is 0 Å². The van der Waals surface area contributed by atoms with Crippen LogP contribution in [0.15, 0.2) is 73.8 Å². The van der Waals surface area contributed by atoms with E-state index in [9.17, 15) is 9.59 Å². The highest BCUT2D eigenvalue weighted by Crippen LogP contribution is 2.21. The van der Waals surface area contributed by atoms with Crippen LogP contribution in [0.5, 0.6) is 0 Å². The summed E-state index contributed by atoms with van der Waals surface area (Å²) in [6.07, 6.45) is 3.37. The molecule has 2 rings (SSSR count). The summed E-state index contributed by atoms with van der Waals surface area (Å²) in [5.41, 5.74) is 3.04. The number of amides is 2. The number of aryl methyl sites for hydroxylation is 1. The zero-order valence-electron chi connectivity index (χ0n) is 15.6. The van der Waals surface area contributed by atoms with Gasteiger partial charge in [-0.15, -0.1) is 13.2 Å². The standard InChI is InChI=1S/C22H25N3O2/c1-4-13-25(14-5-2)21(26)16-23-20-15-19(12-11-17(20)3)24-22(27)18-9-7-6-8-10-18/h4-12,15,23H,1-2,13-14,16H2,3H3,(H,24,27). The second-order valence-corrected chi connectivity index (χ2v) is 6.08. The lowest BCUT2D eigenvalue weighted by Gasteiger charge is -2.20. The molecule has 5 nitrogen and oxygen atoms in total. The molecule has 0 fully saturated rings. The van der Waals surface area contributed by atoms with E-state index in [1.54, 1.807) is 29.2 Å². The minimum Gasteiger partial charge on any atom is -0.376 e. The van der Waals surface area contributed by atoms with Gasteiger partial charge in [0.15, 0.2) is 0 Å². The average molecular weight is 363 g/mol. The number of hydrogen-bond acceptors (Lipinski definition) is 3. The molecule has 0 aliphatic heterocycles. The summed E-state index contributed by atoms with van der Waals surface area (Å²) in [4.78, 5) is 26.3. The predicted molar refractivity (Wildman–Crippen MR) is 111 cm³/mol. The molecule has 0 bridgehead atoms. The van der Waals surface area contributed by atoms with Gasteiger partial charge in [-0.1, -0.05) is 36.4 Å². The number of carbonyl (C=O) groups is 2. The predicted octanol–water partition coefficient (Wildman–Crippen LogP) is 3.86. The van der Waals surface area contributed by atoms with E-state index in [2.05, 4.69) is 23.8 Å². The normalized spacial score (nSPS) is 9.96. The van der Waals surface area contributed by atoms with Crippen molar-refractivity contribution in [2.75, 3.05) is 30.3 Å². The van der Waals surface area contributed by atoms with Gasteiger partial charge in [0.2, 0.25) is 5.91 Å². The van der Waals surface area contributed by atoms with Crippen LogP contribution in [0.4, 0.5) is 11.4 Å². The Bertz CT molecular complexity index is 806. The first kappa shape index (κ1) is 20.0. The molecule has 140 valence electrons. The van der Waals surface area contributed by atoms with Crippen LogP contribution < -0.4 is 10.6 Å². The van der Waals surface area contributed by atoms with Crippen LogP contribution in [0.2, 0.25) is 0 Å². The average Bonchev–Trinajstić information content (AvgIpc) is 2.68. The number of rotatable bonds is 9. The molecule has 0 radical (unpaired) electrons. The van der Waals surface area contributed by atoms with E-state index in [1.807, 2.05) is 43.3 Å². The number of nitrogens with one attached hydrogen (secondary N) is 2. The fraction of sp³-hybridized carbons (Fsp3) is 0.182. The van der Waals surface area contributed by atoms with Gasteiger partial charge in [0, 0.05) is 30.0 Å². The Morgan fingerprint density at radius 2 is 1.70 bits per heavy atom. The molecule has 2 amide bonds. The first-order valence-electron chi connectivity index (χ1n) is 8.75. The maximum Gasteiger partial charge on any atom is 0.255 e. The molecule has 2 N–H and O–H groups in total. The van der Waals surface area contributed by atoms with Crippen LogP contribution in [-0.4, -0.2) is 36.3 Å². The summed E-state index contributed by atoms with van der Waals surface area (Å²) in [6, 6.07) is 14.6. The van der Waals surface area contributed by atoms with Crippen molar-refractivity contribution >= 4 is 23.2 Å². The van der Waals surface area contributed by atoms with Crippen LogP contribution in [-0.2, 0) is 4.79 Å². The maximum absolute atomic E-state index is 12.4. The molecule has 0 heterocycles. The zero-order valence-corrected chi connectivity index (χ0v) is 15.6. The third-order valence-electron chi connectivity index (χ3n) is 4.01. The van der Waals surface area contributed by atoms with E-state index in [1.165, 1.54) is 0 Å². The number of benzene rings is 2. The van der Waals surface area contributed by atoms with Gasteiger partial charge >= 0.3 is 0 Å². The molecule has 27 heavy (non-hydrogen) atoms. The molecular formula is C22H25N3O2. The molecule has 2 aromatic carbocycles. The summed E-state index contributed by atoms with van der Waals surface area (Å²) in [7, 11) is 0. The molecule has 0 unspecified atom stereocenters. The fourth-order valence-corrected chi connectivity index (χ4v) is 2.56. The summed E-state index contributed by atoms with van der Waals surface area (Å²) in [5.74, 6) is -0.224. The van der Waals surface area contributed by atoms with Crippen molar-refractivity contribution in [2.45, 2.75) is 6.92 Å². The molecular weight excluding hydrogens is 338 g/mol. The van der Waals surface area contributed by atoms with Crippen molar-refractivity contribution < 1.29 is 9.59 Å².